The Morgan fingerprint density at radius 3 is 1.81 bits per heavy atom. The highest BCUT2D eigenvalue weighted by molar-refractivity contribution is 7.14. The summed E-state index contributed by atoms with van der Waals surface area (Å²) in [5.41, 5.74) is 5.87. The largest absolute Gasteiger partial charge is 0.497 e. The number of benzene rings is 3. The summed E-state index contributed by atoms with van der Waals surface area (Å²) in [7, 11) is 3.36. The second kappa shape index (κ2) is 13.1. The van der Waals surface area contributed by atoms with Gasteiger partial charge in [-0.3, -0.25) is 4.79 Å². The molecule has 214 valence electrons. The fourth-order valence-electron chi connectivity index (χ4n) is 5.48. The lowest BCUT2D eigenvalue weighted by molar-refractivity contribution is 0.112. The van der Waals surface area contributed by atoms with Crippen molar-refractivity contribution >= 4 is 46.8 Å². The summed E-state index contributed by atoms with van der Waals surface area (Å²) in [5, 5.41) is 0. The van der Waals surface area contributed by atoms with Crippen LogP contribution in [0, 0.1) is 11.3 Å². The molecule has 4 nitrogen and oxygen atoms in total. The zero-order chi connectivity index (χ0) is 29.5. The zero-order valence-electron chi connectivity index (χ0n) is 24.6. The smallest absolute Gasteiger partial charge is 0.160 e. The molecule has 5 rings (SSSR count). The van der Waals surface area contributed by atoms with Crippen molar-refractivity contribution in [2.24, 2.45) is 11.3 Å². The molecule has 42 heavy (non-hydrogen) atoms. The highest BCUT2D eigenvalue weighted by atomic mass is 32.1. The van der Waals surface area contributed by atoms with Crippen molar-refractivity contribution in [2.45, 2.75) is 26.7 Å². The lowest BCUT2D eigenvalue weighted by Crippen LogP contribution is -2.20. The number of methoxy groups -OCH3 is 2. The Hall–Kier alpha value is -4.35. The van der Waals surface area contributed by atoms with Crippen LogP contribution >= 0.6 is 11.3 Å². The summed E-state index contributed by atoms with van der Waals surface area (Å²) < 4.78 is 10.8. The number of anilines is 3. The number of thiophene rings is 1. The summed E-state index contributed by atoms with van der Waals surface area (Å²) >= 11 is 1.53. The Labute approximate surface area is 253 Å². The van der Waals surface area contributed by atoms with Crippen molar-refractivity contribution in [1.29, 1.82) is 0 Å². The molecular formula is C37H37NO3S. The Bertz CT molecular complexity index is 1530. The van der Waals surface area contributed by atoms with Gasteiger partial charge < -0.3 is 14.4 Å². The van der Waals surface area contributed by atoms with Crippen molar-refractivity contribution < 1.29 is 14.3 Å². The van der Waals surface area contributed by atoms with E-state index in [0.29, 0.717) is 5.92 Å². The van der Waals surface area contributed by atoms with E-state index in [9.17, 15) is 4.79 Å². The molecule has 3 aromatic carbocycles. The Morgan fingerprint density at radius 1 is 0.738 bits per heavy atom. The van der Waals surface area contributed by atoms with Crippen molar-refractivity contribution in [3.63, 3.8) is 0 Å². The van der Waals surface area contributed by atoms with Crippen molar-refractivity contribution in [3.05, 3.63) is 124 Å². The quantitative estimate of drug-likeness (QED) is 0.176. The fraction of sp³-hybridized carbons (Fsp3) is 0.216. The number of allylic oxidation sites excluding steroid dienone is 4. The van der Waals surface area contributed by atoms with E-state index in [1.807, 2.05) is 36.4 Å². The first-order valence-corrected chi connectivity index (χ1v) is 15.0. The SMILES string of the molecule is COc1ccc(N(c2ccc(/C=C/C3=CC(/C=C/c4ccc(C=O)s4)CC(C)(C)C3)cc2)c2ccc(OC)cc2)cc1. The van der Waals surface area contributed by atoms with Crippen LogP contribution in [-0.4, -0.2) is 20.5 Å². The van der Waals surface area contributed by atoms with E-state index in [1.165, 1.54) is 16.9 Å². The van der Waals surface area contributed by atoms with Crippen molar-refractivity contribution in [3.8, 4) is 11.5 Å². The third-order valence-corrected chi connectivity index (χ3v) is 8.45. The minimum atomic E-state index is 0.216. The molecule has 0 fully saturated rings. The van der Waals surface area contributed by atoms with Crippen LogP contribution in [0.3, 0.4) is 0 Å². The highest BCUT2D eigenvalue weighted by Crippen LogP contribution is 2.40. The van der Waals surface area contributed by atoms with E-state index < -0.39 is 0 Å². The maximum atomic E-state index is 11.0. The molecule has 0 saturated heterocycles. The van der Waals surface area contributed by atoms with Gasteiger partial charge in [-0.15, -0.1) is 11.3 Å². The van der Waals surface area contributed by atoms with Gasteiger partial charge in [0.1, 0.15) is 11.5 Å². The van der Waals surface area contributed by atoms with Crippen LogP contribution in [0.5, 0.6) is 11.5 Å². The lowest BCUT2D eigenvalue weighted by Gasteiger charge is -2.32. The lowest BCUT2D eigenvalue weighted by atomic mass is 9.72. The molecule has 0 spiro atoms. The predicted octanol–water partition coefficient (Wildman–Crippen LogP) is 10.1. The van der Waals surface area contributed by atoms with Gasteiger partial charge in [0, 0.05) is 21.9 Å². The molecule has 0 aliphatic heterocycles. The number of carbonyl (C=O) groups excluding carboxylic acids is 1. The van der Waals surface area contributed by atoms with Gasteiger partial charge >= 0.3 is 0 Å². The van der Waals surface area contributed by atoms with Crippen LogP contribution in [0.15, 0.2) is 109 Å². The van der Waals surface area contributed by atoms with Gasteiger partial charge in [-0.2, -0.15) is 0 Å². The second-order valence-electron chi connectivity index (χ2n) is 11.3. The summed E-state index contributed by atoms with van der Waals surface area (Å²) in [5.74, 6) is 2.01. The van der Waals surface area contributed by atoms with E-state index in [2.05, 4.69) is 97.7 Å². The third kappa shape index (κ3) is 7.29. The van der Waals surface area contributed by atoms with Crippen LogP contribution in [0.4, 0.5) is 17.1 Å². The fourth-order valence-corrected chi connectivity index (χ4v) is 6.22. The number of aldehydes is 1. The van der Waals surface area contributed by atoms with Crippen LogP contribution in [0.25, 0.3) is 12.2 Å². The van der Waals surface area contributed by atoms with E-state index >= 15 is 0 Å². The van der Waals surface area contributed by atoms with E-state index in [1.54, 1.807) is 14.2 Å². The predicted molar refractivity (Wildman–Crippen MR) is 177 cm³/mol. The molecule has 0 saturated carbocycles. The van der Waals surface area contributed by atoms with Gasteiger partial charge in [-0.25, -0.2) is 0 Å². The molecule has 1 atom stereocenters. The van der Waals surface area contributed by atoms with Crippen LogP contribution in [-0.2, 0) is 0 Å². The summed E-state index contributed by atoms with van der Waals surface area (Å²) in [6, 6.07) is 28.7. The molecule has 1 aliphatic rings. The Kier molecular flexibility index (Phi) is 9.09. The number of ether oxygens (including phenoxy) is 2. The van der Waals surface area contributed by atoms with Crippen LogP contribution in [0.1, 0.15) is 46.8 Å². The third-order valence-electron chi connectivity index (χ3n) is 7.47. The van der Waals surface area contributed by atoms with Gasteiger partial charge in [0.25, 0.3) is 0 Å². The maximum absolute atomic E-state index is 11.0. The van der Waals surface area contributed by atoms with Crippen LogP contribution in [0.2, 0.25) is 0 Å². The first kappa shape index (κ1) is 29.2. The minimum Gasteiger partial charge on any atom is -0.497 e. The average Bonchev–Trinajstić information content (AvgIpc) is 3.48. The molecule has 5 heteroatoms. The Balaban J connectivity index is 1.36. The van der Waals surface area contributed by atoms with Gasteiger partial charge in [-0.05, 0) is 109 Å². The number of carbonyl (C=O) groups is 1. The molecular weight excluding hydrogens is 538 g/mol. The topological polar surface area (TPSA) is 38.8 Å². The number of hydrogen-bond donors (Lipinski definition) is 0. The molecule has 0 radical (unpaired) electrons. The molecule has 0 N–H and O–H groups in total. The zero-order valence-corrected chi connectivity index (χ0v) is 25.4. The number of rotatable bonds is 10. The summed E-state index contributed by atoms with van der Waals surface area (Å²) in [4.78, 5) is 15.1. The summed E-state index contributed by atoms with van der Waals surface area (Å²) in [6.07, 6.45) is 14.3. The van der Waals surface area contributed by atoms with E-state index in [4.69, 9.17) is 9.47 Å². The molecule has 1 heterocycles. The molecule has 1 aromatic heterocycles. The summed E-state index contributed by atoms with van der Waals surface area (Å²) in [6.45, 7) is 4.68. The van der Waals surface area contributed by atoms with Gasteiger partial charge in [-0.1, -0.05) is 55.9 Å². The molecule has 0 bridgehead atoms. The van der Waals surface area contributed by atoms with Gasteiger partial charge in [0.05, 0.1) is 19.1 Å². The van der Waals surface area contributed by atoms with E-state index in [-0.39, 0.29) is 5.41 Å². The first-order chi connectivity index (χ1) is 20.4. The monoisotopic (exact) mass is 575 g/mol. The number of hydrogen-bond acceptors (Lipinski definition) is 5. The van der Waals surface area contributed by atoms with Gasteiger partial charge in [0.15, 0.2) is 6.29 Å². The van der Waals surface area contributed by atoms with Crippen molar-refractivity contribution in [2.75, 3.05) is 19.1 Å². The Morgan fingerprint density at radius 2 is 1.29 bits per heavy atom. The van der Waals surface area contributed by atoms with E-state index in [0.717, 1.165) is 63.0 Å². The molecule has 1 unspecified atom stereocenters. The minimum absolute atomic E-state index is 0.216. The average molecular weight is 576 g/mol. The first-order valence-electron chi connectivity index (χ1n) is 14.2. The molecule has 1 aliphatic carbocycles. The van der Waals surface area contributed by atoms with Crippen LogP contribution < -0.4 is 14.4 Å². The molecule has 4 aromatic rings. The molecule has 0 amide bonds. The number of nitrogens with zero attached hydrogens (tertiary/aromatic N) is 1. The normalized spacial score (nSPS) is 16.4. The second-order valence-corrected chi connectivity index (χ2v) is 12.5. The van der Waals surface area contributed by atoms with Gasteiger partial charge in [0.2, 0.25) is 0 Å². The van der Waals surface area contributed by atoms with Crippen molar-refractivity contribution in [1.82, 2.24) is 0 Å². The maximum Gasteiger partial charge on any atom is 0.160 e. The highest BCUT2D eigenvalue weighted by Gasteiger charge is 2.26. The standard InChI is InChI=1S/C37H37NO3S/c1-37(2)24-28(23-29(25-37)9-20-35-21-22-36(26-39)42-35)6-5-27-7-10-30(11-8-27)38(31-12-16-33(40-3)17-13-31)32-14-18-34(41-4)19-15-32/h5-23,26,29H,24-25H2,1-4H3/b6-5+,20-9+.